The van der Waals surface area contributed by atoms with Crippen molar-refractivity contribution < 1.29 is 4.79 Å². The maximum atomic E-state index is 13.1. The van der Waals surface area contributed by atoms with Gasteiger partial charge in [0.15, 0.2) is 0 Å². The van der Waals surface area contributed by atoms with Gasteiger partial charge < -0.3 is 4.90 Å². The standard InChI is InChI=1S/C23H26N4OS/c1-17(23(28)27-11-10-18-6-2-4-8-20(18)27)26-14-12-25(13-15-26)16-22-24-19-7-3-5-9-21(19)29-22/h2-9,17H,10-16H2,1H3/t17-/m0/s1. The Morgan fingerprint density at radius 3 is 2.62 bits per heavy atom. The minimum atomic E-state index is -0.0780. The second kappa shape index (κ2) is 7.86. The molecular weight excluding hydrogens is 380 g/mol. The Bertz CT molecular complexity index is 991. The van der Waals surface area contributed by atoms with Crippen molar-refractivity contribution in [1.29, 1.82) is 0 Å². The van der Waals surface area contributed by atoms with Crippen LogP contribution in [0.1, 0.15) is 17.5 Å². The molecule has 1 aromatic heterocycles. The third-order valence-corrected chi connectivity index (χ3v) is 7.18. The average Bonchev–Trinajstić information content (AvgIpc) is 3.37. The molecule has 3 heterocycles. The van der Waals surface area contributed by atoms with E-state index in [1.807, 2.05) is 17.0 Å². The van der Waals surface area contributed by atoms with E-state index in [0.717, 1.165) is 56.9 Å². The summed E-state index contributed by atoms with van der Waals surface area (Å²) in [6.07, 6.45) is 0.963. The van der Waals surface area contributed by atoms with Gasteiger partial charge in [-0.25, -0.2) is 4.98 Å². The fourth-order valence-corrected chi connectivity index (χ4v) is 5.45. The second-order valence-corrected chi connectivity index (χ2v) is 9.05. The van der Waals surface area contributed by atoms with Crippen LogP contribution in [0.2, 0.25) is 0 Å². The maximum Gasteiger partial charge on any atom is 0.244 e. The van der Waals surface area contributed by atoms with Gasteiger partial charge in [-0.3, -0.25) is 14.6 Å². The highest BCUT2D eigenvalue weighted by atomic mass is 32.1. The Labute approximate surface area is 175 Å². The van der Waals surface area contributed by atoms with Crippen LogP contribution in [-0.4, -0.2) is 59.5 Å². The third kappa shape index (κ3) is 3.68. The fraction of sp³-hybridized carbons (Fsp3) is 0.391. The minimum absolute atomic E-state index is 0.0780. The van der Waals surface area contributed by atoms with Gasteiger partial charge in [0.05, 0.1) is 22.8 Å². The lowest BCUT2D eigenvalue weighted by atomic mass is 10.1. The van der Waals surface area contributed by atoms with E-state index in [9.17, 15) is 4.79 Å². The molecule has 0 spiro atoms. The van der Waals surface area contributed by atoms with Crippen LogP contribution in [0, 0.1) is 0 Å². The number of thiazole rings is 1. The van der Waals surface area contributed by atoms with Crippen molar-refractivity contribution in [3.63, 3.8) is 0 Å². The number of hydrogen-bond donors (Lipinski definition) is 0. The van der Waals surface area contributed by atoms with Gasteiger partial charge in [0.2, 0.25) is 5.91 Å². The van der Waals surface area contributed by atoms with Gasteiger partial charge in [0.1, 0.15) is 5.01 Å². The highest BCUT2D eigenvalue weighted by Gasteiger charge is 2.32. The van der Waals surface area contributed by atoms with E-state index in [4.69, 9.17) is 4.98 Å². The first-order valence-electron chi connectivity index (χ1n) is 10.4. The number of nitrogens with zero attached hydrogens (tertiary/aromatic N) is 4. The number of piperazine rings is 1. The van der Waals surface area contributed by atoms with Crippen molar-refractivity contribution >= 4 is 33.1 Å². The number of aromatic nitrogens is 1. The molecule has 0 aliphatic carbocycles. The van der Waals surface area contributed by atoms with Crippen LogP contribution in [0.15, 0.2) is 48.5 Å². The lowest BCUT2D eigenvalue weighted by molar-refractivity contribution is -0.123. The Morgan fingerprint density at radius 1 is 1.03 bits per heavy atom. The fourth-order valence-electron chi connectivity index (χ4n) is 4.44. The molecule has 5 nitrogen and oxygen atoms in total. The van der Waals surface area contributed by atoms with E-state index in [1.54, 1.807) is 11.3 Å². The zero-order chi connectivity index (χ0) is 19.8. The number of amides is 1. The molecule has 2 aliphatic rings. The molecular formula is C23H26N4OS. The van der Waals surface area contributed by atoms with E-state index in [1.165, 1.54) is 15.3 Å². The summed E-state index contributed by atoms with van der Waals surface area (Å²) in [7, 11) is 0. The number of anilines is 1. The van der Waals surface area contributed by atoms with E-state index in [-0.39, 0.29) is 11.9 Å². The average molecular weight is 407 g/mol. The lowest BCUT2D eigenvalue weighted by Gasteiger charge is -2.38. The summed E-state index contributed by atoms with van der Waals surface area (Å²) < 4.78 is 1.26. The molecule has 1 fully saturated rings. The highest BCUT2D eigenvalue weighted by Crippen LogP contribution is 2.29. The second-order valence-electron chi connectivity index (χ2n) is 7.93. The molecule has 1 saturated heterocycles. The van der Waals surface area contributed by atoms with Crippen LogP contribution < -0.4 is 4.90 Å². The number of fused-ring (bicyclic) bond motifs is 2. The first-order chi connectivity index (χ1) is 14.2. The topological polar surface area (TPSA) is 39.7 Å². The van der Waals surface area contributed by atoms with E-state index in [0.29, 0.717) is 0 Å². The summed E-state index contributed by atoms with van der Waals surface area (Å²) in [4.78, 5) is 24.7. The summed E-state index contributed by atoms with van der Waals surface area (Å²) >= 11 is 1.79. The molecule has 1 amide bonds. The van der Waals surface area contributed by atoms with Crippen molar-refractivity contribution in [3.05, 3.63) is 59.1 Å². The summed E-state index contributed by atoms with van der Waals surface area (Å²) in [5.74, 6) is 0.231. The van der Waals surface area contributed by atoms with Crippen LogP contribution in [-0.2, 0) is 17.8 Å². The molecule has 0 radical (unpaired) electrons. The zero-order valence-electron chi connectivity index (χ0n) is 16.8. The van der Waals surface area contributed by atoms with Crippen molar-refractivity contribution in [2.45, 2.75) is 25.9 Å². The predicted molar refractivity (Wildman–Crippen MR) is 118 cm³/mol. The highest BCUT2D eigenvalue weighted by molar-refractivity contribution is 7.18. The van der Waals surface area contributed by atoms with Crippen molar-refractivity contribution in [2.75, 3.05) is 37.6 Å². The Hall–Kier alpha value is -2.28. The normalized spacial score (nSPS) is 18.9. The predicted octanol–water partition coefficient (Wildman–Crippen LogP) is 3.39. The van der Waals surface area contributed by atoms with Gasteiger partial charge >= 0.3 is 0 Å². The lowest BCUT2D eigenvalue weighted by Crippen LogP contribution is -2.54. The first kappa shape index (κ1) is 18.7. The van der Waals surface area contributed by atoms with Crippen LogP contribution in [0.3, 0.4) is 0 Å². The summed E-state index contributed by atoms with van der Waals surface area (Å²) in [6, 6.07) is 16.5. The molecule has 3 aromatic rings. The van der Waals surface area contributed by atoms with Crippen LogP contribution in [0.5, 0.6) is 0 Å². The zero-order valence-corrected chi connectivity index (χ0v) is 17.6. The SMILES string of the molecule is C[C@@H](C(=O)N1CCc2ccccc21)N1CCN(Cc2nc3ccccc3s2)CC1. The maximum absolute atomic E-state index is 13.1. The van der Waals surface area contributed by atoms with Gasteiger partial charge in [0, 0.05) is 38.4 Å². The van der Waals surface area contributed by atoms with Crippen LogP contribution >= 0.6 is 11.3 Å². The van der Waals surface area contributed by atoms with Crippen LogP contribution in [0.25, 0.3) is 10.2 Å². The Morgan fingerprint density at radius 2 is 1.79 bits per heavy atom. The van der Waals surface area contributed by atoms with Gasteiger partial charge in [-0.1, -0.05) is 30.3 Å². The van der Waals surface area contributed by atoms with Crippen molar-refractivity contribution in [3.8, 4) is 0 Å². The molecule has 0 N–H and O–H groups in total. The number of carbonyl (C=O) groups excluding carboxylic acids is 1. The summed E-state index contributed by atoms with van der Waals surface area (Å²) in [5.41, 5.74) is 3.48. The van der Waals surface area contributed by atoms with E-state index < -0.39 is 0 Å². The molecule has 150 valence electrons. The molecule has 1 atom stereocenters. The van der Waals surface area contributed by atoms with Gasteiger partial charge in [-0.15, -0.1) is 11.3 Å². The third-order valence-electron chi connectivity index (χ3n) is 6.16. The quantitative estimate of drug-likeness (QED) is 0.666. The van der Waals surface area contributed by atoms with Gasteiger partial charge in [0.25, 0.3) is 0 Å². The molecule has 29 heavy (non-hydrogen) atoms. The Balaban J connectivity index is 1.18. The minimum Gasteiger partial charge on any atom is -0.310 e. The molecule has 6 heteroatoms. The molecule has 0 bridgehead atoms. The smallest absolute Gasteiger partial charge is 0.244 e. The molecule has 0 saturated carbocycles. The van der Waals surface area contributed by atoms with Gasteiger partial charge in [-0.05, 0) is 37.1 Å². The number of para-hydroxylation sites is 2. The largest absolute Gasteiger partial charge is 0.310 e. The molecule has 2 aliphatic heterocycles. The van der Waals surface area contributed by atoms with Crippen LogP contribution in [0.4, 0.5) is 5.69 Å². The van der Waals surface area contributed by atoms with Crippen molar-refractivity contribution in [2.24, 2.45) is 0 Å². The number of rotatable bonds is 4. The molecule has 5 rings (SSSR count). The Kier molecular flexibility index (Phi) is 5.08. The first-order valence-corrected chi connectivity index (χ1v) is 11.2. The number of benzene rings is 2. The summed E-state index contributed by atoms with van der Waals surface area (Å²) in [5, 5.41) is 1.18. The van der Waals surface area contributed by atoms with E-state index in [2.05, 4.69) is 53.1 Å². The van der Waals surface area contributed by atoms with Crippen molar-refractivity contribution in [1.82, 2.24) is 14.8 Å². The number of carbonyl (C=O) groups is 1. The van der Waals surface area contributed by atoms with E-state index >= 15 is 0 Å². The van der Waals surface area contributed by atoms with Gasteiger partial charge in [-0.2, -0.15) is 0 Å². The molecule has 2 aromatic carbocycles. The summed E-state index contributed by atoms with van der Waals surface area (Å²) in [6.45, 7) is 7.57. The monoisotopic (exact) mass is 406 g/mol. The number of hydrogen-bond acceptors (Lipinski definition) is 5. The molecule has 0 unspecified atom stereocenters.